The normalized spacial score (nSPS) is 20.3. The third-order valence-electron chi connectivity index (χ3n) is 17.8. The molecule has 0 unspecified atom stereocenters. The fourth-order valence-corrected chi connectivity index (χ4v) is 12.3. The van der Waals surface area contributed by atoms with Crippen LogP contribution >= 0.6 is 0 Å². The highest BCUT2D eigenvalue weighted by Crippen LogP contribution is 2.35. The van der Waals surface area contributed by atoms with Gasteiger partial charge in [-0.15, -0.1) is 0 Å². The zero-order chi connectivity index (χ0) is 54.4. The van der Waals surface area contributed by atoms with Crippen molar-refractivity contribution in [3.63, 3.8) is 0 Å². The maximum Gasteiger partial charge on any atom is 0.227 e. The molecular formula is C64H96N12O2. The lowest BCUT2D eigenvalue weighted by molar-refractivity contribution is 0.177. The second-order valence-electron chi connectivity index (χ2n) is 24.2. The smallest absolute Gasteiger partial charge is 0.227 e. The Morgan fingerprint density at radius 1 is 0.487 bits per heavy atom. The van der Waals surface area contributed by atoms with Crippen LogP contribution in [0.25, 0.3) is 21.8 Å². The van der Waals surface area contributed by atoms with Crippen molar-refractivity contribution in [1.82, 2.24) is 39.5 Å². The third kappa shape index (κ3) is 15.6. The van der Waals surface area contributed by atoms with Gasteiger partial charge in [0.25, 0.3) is 0 Å². The molecule has 6 fully saturated rings. The molecule has 0 bridgehead atoms. The number of rotatable bonds is 14. The van der Waals surface area contributed by atoms with E-state index in [0.29, 0.717) is 24.2 Å². The second-order valence-corrected chi connectivity index (χ2v) is 24.2. The molecule has 0 spiro atoms. The standard InChI is InChI=1S/2C32H48N6O/c2*1-24(2)37-20-13-27(14-21-37)33-31-28-23-30(39-4)26(10-6-9-15-36-18-11-25(3)12-19-36)22-29(28)34-32(35-31)38-16-7-5-8-17-38/h2*22-25,27H,5,7-9,11-21H2,1-4H3,(H,33,34,35). The van der Waals surface area contributed by atoms with Crippen LogP contribution in [0.3, 0.4) is 0 Å². The summed E-state index contributed by atoms with van der Waals surface area (Å²) in [7, 11) is 3.47. The summed E-state index contributed by atoms with van der Waals surface area (Å²) >= 11 is 0. The molecule has 0 amide bonds. The van der Waals surface area contributed by atoms with Crippen LogP contribution in [0.2, 0.25) is 0 Å². The van der Waals surface area contributed by atoms with E-state index in [-0.39, 0.29) is 0 Å². The van der Waals surface area contributed by atoms with Crippen LogP contribution in [-0.4, -0.2) is 170 Å². The number of nitrogens with one attached hydrogen (secondary N) is 2. The zero-order valence-electron chi connectivity index (χ0n) is 49.3. The van der Waals surface area contributed by atoms with Crippen LogP contribution in [0, 0.1) is 35.5 Å². The van der Waals surface area contributed by atoms with Crippen LogP contribution in [-0.2, 0) is 0 Å². The minimum Gasteiger partial charge on any atom is -0.495 e. The Labute approximate surface area is 469 Å². The van der Waals surface area contributed by atoms with Crippen LogP contribution in [0.4, 0.5) is 23.5 Å². The largest absolute Gasteiger partial charge is 0.495 e. The summed E-state index contributed by atoms with van der Waals surface area (Å²) in [5.41, 5.74) is 3.72. The summed E-state index contributed by atoms with van der Waals surface area (Å²) < 4.78 is 11.7. The highest BCUT2D eigenvalue weighted by atomic mass is 16.5. The monoisotopic (exact) mass is 1060 g/mol. The van der Waals surface area contributed by atoms with Gasteiger partial charge in [0.2, 0.25) is 11.9 Å². The summed E-state index contributed by atoms with van der Waals surface area (Å²) in [4.78, 5) is 35.3. The SMILES string of the molecule is COc1cc2c(NC3CCN(C(C)C)CC3)nc(N3CCCCC3)nc2cc1C#CCCN1CCC(C)CC1.COc1cc2c(NC3CCN(C(C)C)CC3)nc(N3CCCCC3)nc2cc1C#CCCN1CCC(C)CC1. The Kier molecular flexibility index (Phi) is 20.9. The van der Waals surface area contributed by atoms with Crippen molar-refractivity contribution in [2.75, 3.05) is 126 Å². The minimum absolute atomic E-state index is 0.413. The van der Waals surface area contributed by atoms with E-state index in [1.165, 1.54) is 90.4 Å². The molecule has 0 aliphatic carbocycles. The van der Waals surface area contributed by atoms with E-state index in [9.17, 15) is 0 Å². The van der Waals surface area contributed by atoms with Crippen LogP contribution < -0.4 is 29.9 Å². The molecule has 8 heterocycles. The molecule has 0 atom stereocenters. The van der Waals surface area contributed by atoms with Crippen molar-refractivity contribution in [3.8, 4) is 35.2 Å². The molecule has 6 aliphatic rings. The summed E-state index contributed by atoms with van der Waals surface area (Å²) in [6.45, 7) is 29.3. The molecule has 6 aliphatic heterocycles. The number of fused-ring (bicyclic) bond motifs is 2. The van der Waals surface area contributed by atoms with Crippen LogP contribution in [0.15, 0.2) is 24.3 Å². The van der Waals surface area contributed by atoms with Gasteiger partial charge in [-0.2, -0.15) is 9.97 Å². The van der Waals surface area contributed by atoms with E-state index < -0.39 is 0 Å². The van der Waals surface area contributed by atoms with Gasteiger partial charge in [0.05, 0.1) is 36.4 Å². The number of likely N-dealkylation sites (tertiary alicyclic amines) is 4. The van der Waals surface area contributed by atoms with Gasteiger partial charge in [-0.05, 0) is 180 Å². The van der Waals surface area contributed by atoms with Crippen molar-refractivity contribution in [2.45, 2.75) is 168 Å². The number of benzene rings is 2. The lowest BCUT2D eigenvalue weighted by Gasteiger charge is -2.35. The number of aromatic nitrogens is 4. The van der Waals surface area contributed by atoms with Crippen molar-refractivity contribution in [1.29, 1.82) is 0 Å². The van der Waals surface area contributed by atoms with Crippen LogP contribution in [0.5, 0.6) is 11.5 Å². The van der Waals surface area contributed by atoms with E-state index in [1.54, 1.807) is 14.2 Å². The van der Waals surface area contributed by atoms with Crippen LogP contribution in [0.1, 0.15) is 155 Å². The van der Waals surface area contributed by atoms with Crippen molar-refractivity contribution < 1.29 is 9.47 Å². The summed E-state index contributed by atoms with van der Waals surface area (Å²) in [6.07, 6.45) is 18.8. The number of nitrogens with zero attached hydrogens (tertiary/aromatic N) is 10. The van der Waals surface area contributed by atoms with E-state index >= 15 is 0 Å². The zero-order valence-corrected chi connectivity index (χ0v) is 49.3. The predicted molar refractivity (Wildman–Crippen MR) is 324 cm³/mol. The molecule has 424 valence electrons. The summed E-state index contributed by atoms with van der Waals surface area (Å²) in [5.74, 6) is 20.5. The van der Waals surface area contributed by atoms with Gasteiger partial charge in [0.1, 0.15) is 23.1 Å². The topological polar surface area (TPSA) is 114 Å². The number of hydrogen-bond donors (Lipinski definition) is 2. The van der Waals surface area contributed by atoms with Gasteiger partial charge in [-0.3, -0.25) is 0 Å². The summed E-state index contributed by atoms with van der Waals surface area (Å²) in [6, 6.07) is 10.4. The maximum absolute atomic E-state index is 5.83. The third-order valence-corrected chi connectivity index (χ3v) is 17.8. The molecule has 2 aromatic heterocycles. The number of anilines is 4. The van der Waals surface area contributed by atoms with E-state index in [0.717, 1.165) is 184 Å². The average Bonchev–Trinajstić information content (AvgIpc) is 3.49. The number of ether oxygens (including phenoxy) is 2. The molecule has 0 saturated carbocycles. The Balaban J connectivity index is 0.000000190. The molecule has 14 heteroatoms. The quantitative estimate of drug-likeness (QED) is 0.117. The first-order valence-corrected chi connectivity index (χ1v) is 30.7. The first-order valence-electron chi connectivity index (χ1n) is 30.7. The number of hydrogen-bond acceptors (Lipinski definition) is 14. The fraction of sp³-hybridized carbons (Fsp3) is 0.688. The molecule has 10 rings (SSSR count). The van der Waals surface area contributed by atoms with Gasteiger partial charge in [-0.1, -0.05) is 37.5 Å². The first kappa shape index (κ1) is 57.6. The lowest BCUT2D eigenvalue weighted by Crippen LogP contribution is -2.42. The number of methoxy groups -OCH3 is 2. The Bertz CT molecular complexity index is 2480. The predicted octanol–water partition coefficient (Wildman–Crippen LogP) is 10.8. The molecule has 78 heavy (non-hydrogen) atoms. The number of piperidine rings is 6. The molecular weight excluding hydrogens is 969 g/mol. The molecule has 2 N–H and O–H groups in total. The Morgan fingerprint density at radius 3 is 1.21 bits per heavy atom. The average molecular weight is 1070 g/mol. The van der Waals surface area contributed by atoms with Crippen molar-refractivity contribution in [2.24, 2.45) is 11.8 Å². The molecule has 14 nitrogen and oxygen atoms in total. The van der Waals surface area contributed by atoms with Gasteiger partial charge >= 0.3 is 0 Å². The molecule has 2 aromatic carbocycles. The highest BCUT2D eigenvalue weighted by molar-refractivity contribution is 5.94. The van der Waals surface area contributed by atoms with Gasteiger partial charge < -0.3 is 49.5 Å². The molecule has 0 radical (unpaired) electrons. The van der Waals surface area contributed by atoms with Gasteiger partial charge in [0, 0.05) is 113 Å². The van der Waals surface area contributed by atoms with E-state index in [2.05, 4.69) is 130 Å². The minimum atomic E-state index is 0.413. The first-order chi connectivity index (χ1) is 38.0. The Hall–Kier alpha value is -5.12. The fourth-order valence-electron chi connectivity index (χ4n) is 12.3. The maximum atomic E-state index is 5.83. The van der Waals surface area contributed by atoms with E-state index in [1.807, 2.05) is 0 Å². The van der Waals surface area contributed by atoms with Gasteiger partial charge in [0.15, 0.2) is 0 Å². The van der Waals surface area contributed by atoms with Crippen molar-refractivity contribution in [3.05, 3.63) is 35.4 Å². The molecule has 4 aromatic rings. The second kappa shape index (κ2) is 28.3. The molecule has 6 saturated heterocycles. The lowest BCUT2D eigenvalue weighted by atomic mass is 9.99. The van der Waals surface area contributed by atoms with E-state index in [4.69, 9.17) is 29.4 Å². The van der Waals surface area contributed by atoms with Gasteiger partial charge in [-0.25, -0.2) is 9.97 Å². The highest BCUT2D eigenvalue weighted by Gasteiger charge is 2.27. The summed E-state index contributed by atoms with van der Waals surface area (Å²) in [5, 5.41) is 9.69. The Morgan fingerprint density at radius 2 is 0.859 bits per heavy atom. The van der Waals surface area contributed by atoms with Crippen molar-refractivity contribution >= 4 is 45.3 Å².